The van der Waals surface area contributed by atoms with Gasteiger partial charge in [0.2, 0.25) is 0 Å². The minimum atomic E-state index is -0.868. The number of carbonyl (C=O) groups is 2. The molecule has 1 heterocycles. The highest BCUT2D eigenvalue weighted by Gasteiger charge is 2.33. The minimum Gasteiger partial charge on any atom is -0.481 e. The van der Waals surface area contributed by atoms with Gasteiger partial charge in [-0.1, -0.05) is 18.2 Å². The van der Waals surface area contributed by atoms with Gasteiger partial charge in [-0.05, 0) is 18.1 Å². The molecular formula is C15H17N3O3. The van der Waals surface area contributed by atoms with Crippen LogP contribution in [0, 0.1) is 11.3 Å². The van der Waals surface area contributed by atoms with Crippen LogP contribution in [0.2, 0.25) is 0 Å². The molecule has 21 heavy (non-hydrogen) atoms. The number of carboxylic acids is 1. The Morgan fingerprint density at radius 3 is 2.86 bits per heavy atom. The fourth-order valence-corrected chi connectivity index (χ4v) is 2.54. The van der Waals surface area contributed by atoms with Crippen molar-refractivity contribution in [3.05, 3.63) is 29.8 Å². The molecule has 0 aromatic heterocycles. The second kappa shape index (κ2) is 6.27. The Balaban J connectivity index is 2.27. The van der Waals surface area contributed by atoms with Crippen LogP contribution in [0.25, 0.3) is 0 Å². The average molecular weight is 287 g/mol. The molecule has 0 saturated carbocycles. The van der Waals surface area contributed by atoms with Gasteiger partial charge in [0.1, 0.15) is 0 Å². The van der Waals surface area contributed by atoms with E-state index in [-0.39, 0.29) is 12.5 Å². The lowest BCUT2D eigenvalue weighted by Crippen LogP contribution is -2.45. The molecule has 1 aliphatic rings. The first-order chi connectivity index (χ1) is 10.1. The Morgan fingerprint density at radius 2 is 2.19 bits per heavy atom. The lowest BCUT2D eigenvalue weighted by Gasteiger charge is -2.35. The molecule has 0 spiro atoms. The highest BCUT2D eigenvalue weighted by molar-refractivity contribution is 5.95. The van der Waals surface area contributed by atoms with E-state index >= 15 is 0 Å². The maximum absolute atomic E-state index is 12.4. The lowest BCUT2D eigenvalue weighted by molar-refractivity contribution is -0.139. The number of benzene rings is 1. The molecule has 1 aromatic rings. The molecule has 0 aliphatic carbocycles. The molecule has 0 fully saturated rings. The topological polar surface area (TPSA) is 84.6 Å². The van der Waals surface area contributed by atoms with Crippen molar-refractivity contribution in [2.24, 2.45) is 0 Å². The van der Waals surface area contributed by atoms with Crippen molar-refractivity contribution in [2.75, 3.05) is 25.0 Å². The zero-order chi connectivity index (χ0) is 15.4. The Morgan fingerprint density at radius 1 is 1.48 bits per heavy atom. The number of rotatable bonds is 3. The number of amides is 2. The smallest absolute Gasteiger partial charge is 0.324 e. The summed E-state index contributed by atoms with van der Waals surface area (Å²) in [4.78, 5) is 26.8. The summed E-state index contributed by atoms with van der Waals surface area (Å²) in [7, 11) is 1.64. The molecule has 110 valence electrons. The number of aliphatic carboxylic acids is 1. The second-order valence-corrected chi connectivity index (χ2v) is 5.00. The molecule has 1 atom stereocenters. The third-order valence-electron chi connectivity index (χ3n) is 3.66. The van der Waals surface area contributed by atoms with E-state index in [4.69, 9.17) is 5.26 Å². The number of hydrogen-bond donors (Lipinski definition) is 1. The van der Waals surface area contributed by atoms with Crippen molar-refractivity contribution in [1.82, 2.24) is 4.90 Å². The van der Waals surface area contributed by atoms with Gasteiger partial charge in [0.25, 0.3) is 0 Å². The highest BCUT2D eigenvalue weighted by atomic mass is 16.4. The van der Waals surface area contributed by atoms with Crippen LogP contribution in [0.1, 0.15) is 24.3 Å². The van der Waals surface area contributed by atoms with Crippen molar-refractivity contribution in [2.45, 2.75) is 18.8 Å². The van der Waals surface area contributed by atoms with Crippen molar-refractivity contribution in [1.29, 1.82) is 5.26 Å². The largest absolute Gasteiger partial charge is 0.481 e. The molecule has 1 aliphatic heterocycles. The third-order valence-corrected chi connectivity index (χ3v) is 3.66. The van der Waals surface area contributed by atoms with Crippen LogP contribution in [0.15, 0.2) is 24.3 Å². The summed E-state index contributed by atoms with van der Waals surface area (Å²) < 4.78 is 0. The van der Waals surface area contributed by atoms with Gasteiger partial charge >= 0.3 is 12.0 Å². The van der Waals surface area contributed by atoms with E-state index < -0.39 is 11.9 Å². The number of nitriles is 1. The van der Waals surface area contributed by atoms with Gasteiger partial charge in [-0.2, -0.15) is 5.26 Å². The fourth-order valence-electron chi connectivity index (χ4n) is 2.54. The van der Waals surface area contributed by atoms with Gasteiger partial charge in [-0.15, -0.1) is 0 Å². The Labute approximate surface area is 123 Å². The SMILES string of the molecule is CN(CCC#N)C(=O)N1CCC(C(=O)O)c2ccccc21. The Kier molecular flexibility index (Phi) is 4.43. The first-order valence-corrected chi connectivity index (χ1v) is 6.77. The van der Waals surface area contributed by atoms with Gasteiger partial charge in [-0.25, -0.2) is 4.79 Å². The maximum atomic E-state index is 12.4. The Bertz CT molecular complexity index is 594. The molecule has 0 radical (unpaired) electrons. The summed E-state index contributed by atoms with van der Waals surface area (Å²) in [6.07, 6.45) is 0.666. The van der Waals surface area contributed by atoms with E-state index in [1.165, 1.54) is 4.90 Å². The Hall–Kier alpha value is -2.55. The normalized spacial score (nSPS) is 16.8. The zero-order valence-electron chi connectivity index (χ0n) is 11.8. The number of urea groups is 1. The van der Waals surface area contributed by atoms with Gasteiger partial charge in [0, 0.05) is 25.8 Å². The number of para-hydroxylation sites is 1. The highest BCUT2D eigenvalue weighted by Crippen LogP contribution is 2.35. The number of carbonyl (C=O) groups excluding carboxylic acids is 1. The molecule has 1 unspecified atom stereocenters. The predicted octanol–water partition coefficient (Wildman–Crippen LogP) is 2.03. The summed E-state index contributed by atoms with van der Waals surface area (Å²) in [5, 5.41) is 17.9. The summed E-state index contributed by atoms with van der Waals surface area (Å²) >= 11 is 0. The van der Waals surface area contributed by atoms with E-state index in [2.05, 4.69) is 0 Å². The summed E-state index contributed by atoms with van der Waals surface area (Å²) in [5.41, 5.74) is 1.31. The summed E-state index contributed by atoms with van der Waals surface area (Å²) in [5.74, 6) is -1.44. The van der Waals surface area contributed by atoms with Crippen molar-refractivity contribution in [3.8, 4) is 6.07 Å². The van der Waals surface area contributed by atoms with Crippen LogP contribution in [-0.2, 0) is 4.79 Å². The zero-order valence-corrected chi connectivity index (χ0v) is 11.8. The van der Waals surface area contributed by atoms with E-state index in [1.807, 2.05) is 6.07 Å². The van der Waals surface area contributed by atoms with Gasteiger partial charge in [-0.3, -0.25) is 9.69 Å². The lowest BCUT2D eigenvalue weighted by atomic mass is 9.90. The molecule has 2 rings (SSSR count). The van der Waals surface area contributed by atoms with Crippen LogP contribution < -0.4 is 4.90 Å². The number of fused-ring (bicyclic) bond motifs is 1. The van der Waals surface area contributed by atoms with Gasteiger partial charge < -0.3 is 10.0 Å². The standard InChI is InChI=1S/C15H17N3O3/c1-17(9-4-8-16)15(21)18-10-7-12(14(19)20)11-5-2-3-6-13(11)18/h2-3,5-6,12H,4,7,9-10H2,1H3,(H,19,20). The first kappa shape index (κ1) is 14.9. The average Bonchev–Trinajstić information content (AvgIpc) is 2.50. The van der Waals surface area contributed by atoms with Crippen LogP contribution in [0.4, 0.5) is 10.5 Å². The van der Waals surface area contributed by atoms with E-state index in [9.17, 15) is 14.7 Å². The number of anilines is 1. The molecule has 0 bridgehead atoms. The summed E-state index contributed by atoms with van der Waals surface area (Å²) in [6.45, 7) is 0.722. The number of nitrogens with zero attached hydrogens (tertiary/aromatic N) is 3. The maximum Gasteiger partial charge on any atom is 0.324 e. The molecule has 6 nitrogen and oxygen atoms in total. The monoisotopic (exact) mass is 287 g/mol. The van der Waals surface area contributed by atoms with Crippen molar-refractivity contribution >= 4 is 17.7 Å². The number of hydrogen-bond acceptors (Lipinski definition) is 3. The van der Waals surface area contributed by atoms with Crippen LogP contribution in [-0.4, -0.2) is 42.1 Å². The second-order valence-electron chi connectivity index (χ2n) is 5.00. The molecular weight excluding hydrogens is 270 g/mol. The summed E-state index contributed by atoms with van der Waals surface area (Å²) in [6, 6.07) is 8.89. The van der Waals surface area contributed by atoms with E-state index in [0.717, 1.165) is 0 Å². The van der Waals surface area contributed by atoms with E-state index in [0.29, 0.717) is 30.8 Å². The fraction of sp³-hybridized carbons (Fsp3) is 0.400. The molecule has 0 saturated heterocycles. The van der Waals surface area contributed by atoms with Gasteiger partial charge in [0.05, 0.1) is 18.4 Å². The van der Waals surface area contributed by atoms with Crippen molar-refractivity contribution < 1.29 is 14.7 Å². The van der Waals surface area contributed by atoms with Gasteiger partial charge in [0.15, 0.2) is 0 Å². The predicted molar refractivity (Wildman–Crippen MR) is 77.0 cm³/mol. The van der Waals surface area contributed by atoms with Crippen LogP contribution >= 0.6 is 0 Å². The molecule has 1 aromatic carbocycles. The molecule has 1 N–H and O–H groups in total. The number of carboxylic acid groups (broad SMARTS) is 1. The third kappa shape index (κ3) is 2.97. The van der Waals surface area contributed by atoms with Crippen LogP contribution in [0.5, 0.6) is 0 Å². The molecule has 2 amide bonds. The quantitative estimate of drug-likeness (QED) is 0.921. The van der Waals surface area contributed by atoms with E-state index in [1.54, 1.807) is 36.2 Å². The van der Waals surface area contributed by atoms with Crippen molar-refractivity contribution in [3.63, 3.8) is 0 Å². The first-order valence-electron chi connectivity index (χ1n) is 6.77. The minimum absolute atomic E-state index is 0.207. The van der Waals surface area contributed by atoms with Crippen LogP contribution in [0.3, 0.4) is 0 Å². The molecule has 6 heteroatoms.